The normalized spacial score (nSPS) is 14.4. The van der Waals surface area contributed by atoms with Crippen LogP contribution in [0.15, 0.2) is 53.5 Å². The Morgan fingerprint density at radius 1 is 1.12 bits per heavy atom. The van der Waals surface area contributed by atoms with Gasteiger partial charge in [0.1, 0.15) is 0 Å². The average Bonchev–Trinajstić information content (AvgIpc) is 2.84. The van der Waals surface area contributed by atoms with E-state index in [2.05, 4.69) is 50.3 Å². The van der Waals surface area contributed by atoms with E-state index in [-0.39, 0.29) is 17.9 Å². The molecule has 9 heteroatoms. The first-order valence-corrected chi connectivity index (χ1v) is 11.1. The van der Waals surface area contributed by atoms with E-state index in [1.165, 1.54) is 62.7 Å². The van der Waals surface area contributed by atoms with E-state index in [0.717, 1.165) is 17.9 Å². The Morgan fingerprint density at radius 3 is 2.52 bits per heavy atom. The molecule has 176 valence electrons. The Morgan fingerprint density at radius 2 is 1.82 bits per heavy atom. The topological polar surface area (TPSA) is 162 Å². The molecule has 1 saturated carbocycles. The Bertz CT molecular complexity index is 953. The molecule has 1 aromatic carbocycles. The van der Waals surface area contributed by atoms with Gasteiger partial charge in [0.25, 0.3) is 5.91 Å². The second-order valence-electron chi connectivity index (χ2n) is 7.83. The Kier molecular flexibility index (Phi) is 11.1. The fourth-order valence-corrected chi connectivity index (χ4v) is 3.81. The number of nitrogen functional groups attached to an aromatic ring is 1. The van der Waals surface area contributed by atoms with Gasteiger partial charge in [-0.25, -0.2) is 9.97 Å². The van der Waals surface area contributed by atoms with Crippen molar-refractivity contribution in [3.05, 3.63) is 65.4 Å². The van der Waals surface area contributed by atoms with Gasteiger partial charge in [-0.05, 0) is 29.9 Å². The molecule has 7 N–H and O–H groups in total. The van der Waals surface area contributed by atoms with Crippen molar-refractivity contribution in [2.24, 2.45) is 22.4 Å². The van der Waals surface area contributed by atoms with Gasteiger partial charge in [0.2, 0.25) is 6.41 Å². The largest absolute Gasteiger partial charge is 0.403 e. The summed E-state index contributed by atoms with van der Waals surface area (Å²) < 4.78 is 0. The molecule has 0 bridgehead atoms. The van der Waals surface area contributed by atoms with Crippen molar-refractivity contribution >= 4 is 24.3 Å². The standard InChI is InChI=1S/C23H30N6O.CH3NO/c24-14-20(29-23(30)21-22(25)28-12-11-27-21)16-26-15-19-8-4-7-18(13-19)10-9-17-5-2-1-3-6-17;2-1-3/h4,7-8,11-14,16-17H,1-3,5-6,9-10,15,24H2,(H2,25,28)(H,29,30);1H,(H2,2,3)/b20-14+,26-16?;. The predicted molar refractivity (Wildman–Crippen MR) is 130 cm³/mol. The van der Waals surface area contributed by atoms with Gasteiger partial charge in [0.05, 0.1) is 12.2 Å². The van der Waals surface area contributed by atoms with Crippen LogP contribution in [-0.4, -0.2) is 28.5 Å². The van der Waals surface area contributed by atoms with Crippen LogP contribution in [0.4, 0.5) is 5.82 Å². The molecular formula is C24H33N7O2. The number of nitrogens with two attached hydrogens (primary N) is 3. The van der Waals surface area contributed by atoms with Gasteiger partial charge in [-0.2, -0.15) is 0 Å². The van der Waals surface area contributed by atoms with Crippen molar-refractivity contribution in [3.63, 3.8) is 0 Å². The number of rotatable bonds is 8. The van der Waals surface area contributed by atoms with Gasteiger partial charge >= 0.3 is 0 Å². The quantitative estimate of drug-likeness (QED) is 0.356. The Labute approximate surface area is 194 Å². The van der Waals surface area contributed by atoms with Crippen molar-refractivity contribution in [1.82, 2.24) is 15.3 Å². The molecule has 0 atom stereocenters. The zero-order valence-corrected chi connectivity index (χ0v) is 18.8. The first kappa shape index (κ1) is 25.5. The minimum absolute atomic E-state index is 0.0518. The molecule has 1 fully saturated rings. The third-order valence-corrected chi connectivity index (χ3v) is 5.44. The van der Waals surface area contributed by atoms with E-state index >= 15 is 0 Å². The average molecular weight is 452 g/mol. The van der Waals surface area contributed by atoms with E-state index in [4.69, 9.17) is 16.3 Å². The molecule has 1 aliphatic carbocycles. The SMILES string of the molecule is N/C=C(\C=NCc1cccc(CCC2CCCCC2)c1)NC(=O)c1nccnc1N.NC=O. The number of carbonyl (C=O) groups excluding carboxylic acids is 2. The monoisotopic (exact) mass is 451 g/mol. The Balaban J connectivity index is 0.00000122. The van der Waals surface area contributed by atoms with Crippen LogP contribution >= 0.6 is 0 Å². The van der Waals surface area contributed by atoms with Gasteiger partial charge in [0.15, 0.2) is 11.5 Å². The fraction of sp³-hybridized carbons (Fsp3) is 0.375. The molecule has 1 heterocycles. The molecule has 0 spiro atoms. The van der Waals surface area contributed by atoms with E-state index in [9.17, 15) is 4.79 Å². The highest BCUT2D eigenvalue weighted by Crippen LogP contribution is 2.27. The molecule has 0 aliphatic heterocycles. The molecule has 0 radical (unpaired) electrons. The third kappa shape index (κ3) is 9.10. The molecule has 3 rings (SSSR count). The number of carbonyl (C=O) groups is 2. The summed E-state index contributed by atoms with van der Waals surface area (Å²) in [6, 6.07) is 8.54. The molecule has 1 aromatic heterocycles. The minimum Gasteiger partial charge on any atom is -0.403 e. The zero-order chi connectivity index (χ0) is 23.9. The number of primary amides is 1. The highest BCUT2D eigenvalue weighted by Gasteiger charge is 2.14. The predicted octanol–water partition coefficient (Wildman–Crippen LogP) is 2.47. The number of hydrogen-bond acceptors (Lipinski definition) is 7. The summed E-state index contributed by atoms with van der Waals surface area (Å²) in [5, 5.41) is 2.64. The number of aryl methyl sites for hydroxylation is 1. The van der Waals surface area contributed by atoms with Crippen LogP contribution in [-0.2, 0) is 17.8 Å². The highest BCUT2D eigenvalue weighted by molar-refractivity contribution is 6.00. The van der Waals surface area contributed by atoms with Crippen molar-refractivity contribution in [2.45, 2.75) is 51.5 Å². The number of allylic oxidation sites excluding steroid dienone is 1. The number of nitrogens with one attached hydrogen (secondary N) is 1. The summed E-state index contributed by atoms with van der Waals surface area (Å²) in [6.45, 7) is 0.512. The molecule has 2 aromatic rings. The number of anilines is 1. The maximum absolute atomic E-state index is 12.3. The van der Waals surface area contributed by atoms with Gasteiger partial charge in [-0.3, -0.25) is 14.6 Å². The lowest BCUT2D eigenvalue weighted by Crippen LogP contribution is -2.26. The van der Waals surface area contributed by atoms with Gasteiger partial charge in [0, 0.05) is 24.8 Å². The summed E-state index contributed by atoms with van der Waals surface area (Å²) in [6.07, 6.45) is 15.2. The smallest absolute Gasteiger partial charge is 0.278 e. The molecule has 2 amide bonds. The second-order valence-corrected chi connectivity index (χ2v) is 7.83. The summed E-state index contributed by atoms with van der Waals surface area (Å²) >= 11 is 0. The summed E-state index contributed by atoms with van der Waals surface area (Å²) in [7, 11) is 0. The van der Waals surface area contributed by atoms with Gasteiger partial charge < -0.3 is 22.5 Å². The van der Waals surface area contributed by atoms with E-state index in [0.29, 0.717) is 12.2 Å². The molecule has 33 heavy (non-hydrogen) atoms. The minimum atomic E-state index is -0.478. The van der Waals surface area contributed by atoms with Crippen molar-refractivity contribution in [3.8, 4) is 0 Å². The van der Waals surface area contributed by atoms with Crippen LogP contribution in [0.1, 0.15) is 60.1 Å². The maximum atomic E-state index is 12.3. The summed E-state index contributed by atoms with van der Waals surface area (Å²) in [4.78, 5) is 33.1. The second kappa shape index (κ2) is 14.3. The molecule has 0 saturated heterocycles. The molecule has 9 nitrogen and oxygen atoms in total. The first-order chi connectivity index (χ1) is 16.1. The fourth-order valence-electron chi connectivity index (χ4n) is 3.81. The van der Waals surface area contributed by atoms with Crippen LogP contribution in [0.3, 0.4) is 0 Å². The van der Waals surface area contributed by atoms with Crippen LogP contribution in [0.5, 0.6) is 0 Å². The van der Waals surface area contributed by atoms with E-state index in [1.807, 2.05) is 0 Å². The summed E-state index contributed by atoms with van der Waals surface area (Å²) in [5.41, 5.74) is 18.4. The summed E-state index contributed by atoms with van der Waals surface area (Å²) in [5.74, 6) is 0.464. The number of nitrogens with zero attached hydrogens (tertiary/aromatic N) is 3. The van der Waals surface area contributed by atoms with Crippen LogP contribution < -0.4 is 22.5 Å². The molecule has 1 aliphatic rings. The first-order valence-electron chi connectivity index (χ1n) is 11.1. The van der Waals surface area contributed by atoms with E-state index < -0.39 is 5.91 Å². The van der Waals surface area contributed by atoms with Crippen molar-refractivity contribution in [1.29, 1.82) is 0 Å². The lowest BCUT2D eigenvalue weighted by Gasteiger charge is -2.21. The number of amides is 2. The zero-order valence-electron chi connectivity index (χ0n) is 18.8. The number of aliphatic imine (C=N–C) groups is 1. The van der Waals surface area contributed by atoms with Gasteiger partial charge in [-0.1, -0.05) is 56.4 Å². The number of benzene rings is 1. The molecular weight excluding hydrogens is 418 g/mol. The maximum Gasteiger partial charge on any atom is 0.278 e. The van der Waals surface area contributed by atoms with Crippen LogP contribution in [0.25, 0.3) is 0 Å². The molecule has 0 unspecified atom stereocenters. The third-order valence-electron chi connectivity index (χ3n) is 5.44. The number of aromatic nitrogens is 2. The van der Waals surface area contributed by atoms with Gasteiger partial charge in [-0.15, -0.1) is 0 Å². The van der Waals surface area contributed by atoms with Crippen molar-refractivity contribution in [2.75, 3.05) is 5.73 Å². The lowest BCUT2D eigenvalue weighted by molar-refractivity contribution is -0.106. The Hall–Kier alpha value is -3.75. The van der Waals surface area contributed by atoms with Crippen LogP contribution in [0, 0.1) is 5.92 Å². The number of hydrogen-bond donors (Lipinski definition) is 4. The van der Waals surface area contributed by atoms with Crippen LogP contribution in [0.2, 0.25) is 0 Å². The van der Waals surface area contributed by atoms with Crippen molar-refractivity contribution < 1.29 is 9.59 Å². The lowest BCUT2D eigenvalue weighted by atomic mass is 9.85. The van der Waals surface area contributed by atoms with E-state index in [1.54, 1.807) is 6.21 Å². The highest BCUT2D eigenvalue weighted by atomic mass is 16.2.